The van der Waals surface area contributed by atoms with Crippen molar-refractivity contribution in [1.82, 2.24) is 5.43 Å². The van der Waals surface area contributed by atoms with E-state index in [0.717, 1.165) is 16.7 Å². The molecule has 3 aromatic rings. The largest absolute Gasteiger partial charge is 0.482 e. The normalized spacial score (nSPS) is 10.7. The highest BCUT2D eigenvalue weighted by Gasteiger charge is 2.05. The van der Waals surface area contributed by atoms with Crippen LogP contribution < -0.4 is 10.2 Å². The van der Waals surface area contributed by atoms with Gasteiger partial charge in [-0.1, -0.05) is 77.8 Å². The zero-order chi connectivity index (χ0) is 19.1. The van der Waals surface area contributed by atoms with Gasteiger partial charge in [0.25, 0.3) is 5.91 Å². The van der Waals surface area contributed by atoms with Crippen molar-refractivity contribution in [2.75, 3.05) is 6.61 Å². The van der Waals surface area contributed by atoms with Gasteiger partial charge in [0.2, 0.25) is 0 Å². The van der Waals surface area contributed by atoms with E-state index in [1.165, 1.54) is 0 Å². The van der Waals surface area contributed by atoms with Gasteiger partial charge >= 0.3 is 0 Å². The summed E-state index contributed by atoms with van der Waals surface area (Å²) in [6, 6.07) is 22.8. The van der Waals surface area contributed by atoms with Crippen LogP contribution in [-0.4, -0.2) is 18.7 Å². The maximum absolute atomic E-state index is 11.8. The van der Waals surface area contributed by atoms with E-state index in [9.17, 15) is 4.79 Å². The van der Waals surface area contributed by atoms with Crippen molar-refractivity contribution in [1.29, 1.82) is 0 Å². The van der Waals surface area contributed by atoms with Gasteiger partial charge in [0.15, 0.2) is 6.61 Å². The summed E-state index contributed by atoms with van der Waals surface area (Å²) in [5.74, 6) is -0.00475. The molecule has 1 amide bonds. The van der Waals surface area contributed by atoms with E-state index < -0.39 is 5.91 Å². The van der Waals surface area contributed by atoms with Crippen LogP contribution in [0.1, 0.15) is 5.56 Å². The lowest BCUT2D eigenvalue weighted by Crippen LogP contribution is -2.24. The topological polar surface area (TPSA) is 50.7 Å². The molecule has 3 rings (SSSR count). The quantitative estimate of drug-likeness (QED) is 0.458. The molecule has 0 aromatic heterocycles. The molecule has 4 nitrogen and oxygen atoms in total. The van der Waals surface area contributed by atoms with Crippen LogP contribution in [0, 0.1) is 0 Å². The van der Waals surface area contributed by atoms with Crippen molar-refractivity contribution in [3.63, 3.8) is 0 Å². The number of hydrazone groups is 1. The van der Waals surface area contributed by atoms with Crippen molar-refractivity contribution >= 4 is 35.3 Å². The molecule has 0 radical (unpaired) electrons. The van der Waals surface area contributed by atoms with E-state index in [4.69, 9.17) is 27.9 Å². The Hall–Kier alpha value is -2.82. The summed E-state index contributed by atoms with van der Waals surface area (Å²) in [6.45, 7) is -0.203. The molecule has 0 heterocycles. The summed E-state index contributed by atoms with van der Waals surface area (Å²) < 4.78 is 5.34. The number of hydrogen-bond donors (Lipinski definition) is 1. The molecular weight excluding hydrogens is 383 g/mol. The molecule has 0 aliphatic rings. The number of hydrogen-bond acceptors (Lipinski definition) is 3. The Kier molecular flexibility index (Phi) is 6.47. The first-order chi connectivity index (χ1) is 13.1. The first-order valence-electron chi connectivity index (χ1n) is 8.17. The Balaban J connectivity index is 1.50. The van der Waals surface area contributed by atoms with Gasteiger partial charge in [-0.15, -0.1) is 0 Å². The lowest BCUT2D eigenvalue weighted by molar-refractivity contribution is -0.123. The molecule has 0 saturated heterocycles. The van der Waals surface area contributed by atoms with E-state index in [0.29, 0.717) is 15.8 Å². The average Bonchev–Trinajstić information content (AvgIpc) is 2.68. The maximum atomic E-state index is 11.8. The number of nitrogens with zero attached hydrogens (tertiary/aromatic N) is 1. The number of carbonyl (C=O) groups excluding carboxylic acids is 1. The van der Waals surface area contributed by atoms with E-state index in [1.807, 2.05) is 42.5 Å². The third-order valence-electron chi connectivity index (χ3n) is 3.67. The Morgan fingerprint density at radius 1 is 0.963 bits per heavy atom. The Morgan fingerprint density at radius 2 is 1.67 bits per heavy atom. The molecule has 0 spiro atoms. The summed E-state index contributed by atoms with van der Waals surface area (Å²) in [5, 5.41) is 4.78. The third kappa shape index (κ3) is 5.58. The van der Waals surface area contributed by atoms with Gasteiger partial charge in [0.05, 0.1) is 11.2 Å². The van der Waals surface area contributed by atoms with Crippen LogP contribution in [0.4, 0.5) is 0 Å². The first kappa shape index (κ1) is 19.0. The van der Waals surface area contributed by atoms with E-state index in [-0.39, 0.29) is 6.61 Å². The van der Waals surface area contributed by atoms with Crippen LogP contribution in [-0.2, 0) is 4.79 Å². The second kappa shape index (κ2) is 9.21. The Labute approximate surface area is 167 Å². The van der Waals surface area contributed by atoms with Crippen LogP contribution in [0.5, 0.6) is 5.75 Å². The Bertz CT molecular complexity index is 942. The van der Waals surface area contributed by atoms with Crippen molar-refractivity contribution in [3.05, 3.63) is 88.4 Å². The van der Waals surface area contributed by atoms with Gasteiger partial charge in [0.1, 0.15) is 5.75 Å². The van der Waals surface area contributed by atoms with Crippen LogP contribution >= 0.6 is 23.2 Å². The van der Waals surface area contributed by atoms with E-state index in [2.05, 4.69) is 22.7 Å². The average molecular weight is 399 g/mol. The summed E-state index contributed by atoms with van der Waals surface area (Å²) in [4.78, 5) is 11.8. The monoisotopic (exact) mass is 398 g/mol. The molecule has 27 heavy (non-hydrogen) atoms. The van der Waals surface area contributed by atoms with Crippen LogP contribution in [0.25, 0.3) is 11.1 Å². The summed E-state index contributed by atoms with van der Waals surface area (Å²) >= 11 is 11.8. The number of benzene rings is 3. The number of halogens is 2. The fraction of sp³-hybridized carbons (Fsp3) is 0.0476. The number of nitrogens with one attached hydrogen (secondary N) is 1. The summed E-state index contributed by atoms with van der Waals surface area (Å²) in [6.07, 6.45) is 1.57. The minimum Gasteiger partial charge on any atom is -0.482 e. The van der Waals surface area contributed by atoms with Gasteiger partial charge in [0, 0.05) is 5.02 Å². The molecule has 1 N–H and O–H groups in total. The molecule has 0 bridgehead atoms. The highest BCUT2D eigenvalue weighted by molar-refractivity contribution is 6.35. The minimum atomic E-state index is -0.391. The molecule has 136 valence electrons. The molecule has 0 unspecified atom stereocenters. The van der Waals surface area contributed by atoms with Crippen molar-refractivity contribution in [2.45, 2.75) is 0 Å². The molecule has 0 aliphatic heterocycles. The highest BCUT2D eigenvalue weighted by Crippen LogP contribution is 2.27. The van der Waals surface area contributed by atoms with Gasteiger partial charge < -0.3 is 4.74 Å². The molecule has 3 aromatic carbocycles. The van der Waals surface area contributed by atoms with Gasteiger partial charge in [-0.05, 0) is 34.9 Å². The van der Waals surface area contributed by atoms with Crippen molar-refractivity contribution < 1.29 is 9.53 Å². The predicted octanol–water partition coefficient (Wildman–Crippen LogP) is 5.19. The fourth-order valence-corrected chi connectivity index (χ4v) is 2.80. The molecule has 0 aliphatic carbocycles. The first-order valence-corrected chi connectivity index (χ1v) is 8.92. The molecule has 0 fully saturated rings. The molecule has 0 saturated carbocycles. The standard InChI is InChI=1S/C21H16Cl2N2O2/c22-18-10-11-20(19(23)12-18)27-14-21(26)25-24-13-15-6-8-17(9-7-15)16-4-2-1-3-5-16/h1-13H,14H2,(H,25,26). The van der Waals surface area contributed by atoms with E-state index in [1.54, 1.807) is 24.4 Å². The highest BCUT2D eigenvalue weighted by atomic mass is 35.5. The molecule has 0 atom stereocenters. The van der Waals surface area contributed by atoms with Crippen molar-refractivity contribution in [3.8, 4) is 16.9 Å². The zero-order valence-corrected chi connectivity index (χ0v) is 15.7. The van der Waals surface area contributed by atoms with Gasteiger partial charge in [-0.3, -0.25) is 4.79 Å². The maximum Gasteiger partial charge on any atom is 0.277 e. The smallest absolute Gasteiger partial charge is 0.277 e. The number of ether oxygens (including phenoxy) is 1. The zero-order valence-electron chi connectivity index (χ0n) is 14.2. The fourth-order valence-electron chi connectivity index (χ4n) is 2.34. The number of carbonyl (C=O) groups is 1. The van der Waals surface area contributed by atoms with Gasteiger partial charge in [-0.25, -0.2) is 5.43 Å². The van der Waals surface area contributed by atoms with E-state index >= 15 is 0 Å². The lowest BCUT2D eigenvalue weighted by Gasteiger charge is -2.07. The lowest BCUT2D eigenvalue weighted by atomic mass is 10.0. The molecule has 6 heteroatoms. The third-order valence-corrected chi connectivity index (χ3v) is 4.20. The SMILES string of the molecule is O=C(COc1ccc(Cl)cc1Cl)NN=Cc1ccc(-c2ccccc2)cc1. The van der Waals surface area contributed by atoms with Crippen molar-refractivity contribution in [2.24, 2.45) is 5.10 Å². The second-order valence-electron chi connectivity index (χ2n) is 5.64. The van der Waals surface area contributed by atoms with Crippen LogP contribution in [0.2, 0.25) is 10.0 Å². The van der Waals surface area contributed by atoms with Gasteiger partial charge in [-0.2, -0.15) is 5.10 Å². The molecular formula is C21H16Cl2N2O2. The van der Waals surface area contributed by atoms with Crippen LogP contribution in [0.15, 0.2) is 77.9 Å². The summed E-state index contributed by atoms with van der Waals surface area (Å²) in [5.41, 5.74) is 5.55. The predicted molar refractivity (Wildman–Crippen MR) is 110 cm³/mol. The second-order valence-corrected chi connectivity index (χ2v) is 6.49. The summed E-state index contributed by atoms with van der Waals surface area (Å²) in [7, 11) is 0. The Morgan fingerprint density at radius 3 is 2.37 bits per heavy atom. The van der Waals surface area contributed by atoms with Crippen LogP contribution in [0.3, 0.4) is 0 Å². The number of rotatable bonds is 6. The number of amides is 1. The minimum absolute atomic E-state index is 0.203.